The normalized spacial score (nSPS) is 11.3. The molecule has 0 aromatic heterocycles. The molecule has 84 valence electrons. The Morgan fingerprint density at radius 2 is 2.25 bits per heavy atom. The lowest BCUT2D eigenvalue weighted by atomic mass is 10.2. The molecular weight excluding hydrogens is 204 g/mol. The van der Waals surface area contributed by atoms with Crippen LogP contribution in [0.2, 0.25) is 0 Å². The number of nitriles is 1. The van der Waals surface area contributed by atoms with E-state index in [-0.39, 0.29) is 5.91 Å². The minimum atomic E-state index is -0.542. The van der Waals surface area contributed by atoms with Gasteiger partial charge in [-0.2, -0.15) is 5.26 Å². The molecule has 0 heterocycles. The Bertz CT molecular complexity index is 410. The molecule has 4 nitrogen and oxygen atoms in total. The number of benzene rings is 1. The number of anilines is 1. The minimum Gasteiger partial charge on any atom is -0.474 e. The van der Waals surface area contributed by atoms with E-state index < -0.39 is 6.10 Å². The van der Waals surface area contributed by atoms with E-state index in [2.05, 4.69) is 5.32 Å². The second kappa shape index (κ2) is 5.76. The number of para-hydroxylation sites is 2. The predicted octanol–water partition coefficient (Wildman–Crippen LogP) is 2.33. The molecule has 1 rings (SSSR count). The van der Waals surface area contributed by atoms with Crippen LogP contribution in [-0.4, -0.2) is 12.0 Å². The van der Waals surface area contributed by atoms with E-state index in [9.17, 15) is 4.79 Å². The number of hydrogen-bond acceptors (Lipinski definition) is 3. The lowest BCUT2D eigenvalue weighted by molar-refractivity contribution is -0.115. The molecule has 1 atom stereocenters. The van der Waals surface area contributed by atoms with Gasteiger partial charge in [0.05, 0.1) is 5.69 Å². The van der Waals surface area contributed by atoms with Gasteiger partial charge in [0.15, 0.2) is 6.10 Å². The molecule has 0 aliphatic heterocycles. The van der Waals surface area contributed by atoms with Gasteiger partial charge in [0.25, 0.3) is 0 Å². The largest absolute Gasteiger partial charge is 0.474 e. The van der Waals surface area contributed by atoms with Gasteiger partial charge in [0.2, 0.25) is 5.91 Å². The number of hydrogen-bond donors (Lipinski definition) is 1. The second-order valence-corrected chi connectivity index (χ2v) is 3.29. The molecule has 1 unspecified atom stereocenters. The molecule has 0 bridgehead atoms. The van der Waals surface area contributed by atoms with Crippen molar-refractivity contribution in [1.82, 2.24) is 0 Å². The summed E-state index contributed by atoms with van der Waals surface area (Å²) < 4.78 is 5.36. The van der Waals surface area contributed by atoms with Crippen LogP contribution in [0.1, 0.15) is 20.3 Å². The van der Waals surface area contributed by atoms with Crippen molar-refractivity contribution >= 4 is 11.6 Å². The Morgan fingerprint density at radius 1 is 1.56 bits per heavy atom. The Hall–Kier alpha value is -2.02. The minimum absolute atomic E-state index is 0.0827. The van der Waals surface area contributed by atoms with E-state index in [4.69, 9.17) is 10.00 Å². The fourth-order valence-electron chi connectivity index (χ4n) is 1.13. The fraction of sp³-hybridized carbons (Fsp3) is 0.333. The molecular formula is C12H14N2O2. The van der Waals surface area contributed by atoms with Gasteiger partial charge in [-0.15, -0.1) is 0 Å². The van der Waals surface area contributed by atoms with E-state index in [1.54, 1.807) is 38.1 Å². The highest BCUT2D eigenvalue weighted by atomic mass is 16.5. The van der Waals surface area contributed by atoms with Crippen LogP contribution in [0.5, 0.6) is 5.75 Å². The maximum atomic E-state index is 11.3. The highest BCUT2D eigenvalue weighted by Gasteiger charge is 2.08. The van der Waals surface area contributed by atoms with Crippen LogP contribution in [0.15, 0.2) is 24.3 Å². The lowest BCUT2D eigenvalue weighted by Crippen LogP contribution is -2.13. The summed E-state index contributed by atoms with van der Waals surface area (Å²) in [5, 5.41) is 11.4. The maximum Gasteiger partial charge on any atom is 0.224 e. The first-order chi connectivity index (χ1) is 7.67. The van der Waals surface area contributed by atoms with Crippen LogP contribution in [0.4, 0.5) is 5.69 Å². The number of ether oxygens (including phenoxy) is 1. The van der Waals surface area contributed by atoms with Gasteiger partial charge in [-0.3, -0.25) is 4.79 Å². The Kier molecular flexibility index (Phi) is 4.34. The fourth-order valence-corrected chi connectivity index (χ4v) is 1.13. The van der Waals surface area contributed by atoms with Crippen molar-refractivity contribution in [2.45, 2.75) is 26.4 Å². The molecule has 0 aliphatic carbocycles. The summed E-state index contributed by atoms with van der Waals surface area (Å²) in [6.07, 6.45) is -0.137. The van der Waals surface area contributed by atoms with Gasteiger partial charge >= 0.3 is 0 Å². The van der Waals surface area contributed by atoms with Crippen molar-refractivity contribution in [2.24, 2.45) is 0 Å². The van der Waals surface area contributed by atoms with E-state index in [1.807, 2.05) is 6.07 Å². The molecule has 16 heavy (non-hydrogen) atoms. The number of nitrogens with one attached hydrogen (secondary N) is 1. The molecule has 0 aliphatic rings. The summed E-state index contributed by atoms with van der Waals surface area (Å²) >= 11 is 0. The molecule has 0 saturated heterocycles. The van der Waals surface area contributed by atoms with Crippen molar-refractivity contribution < 1.29 is 9.53 Å². The summed E-state index contributed by atoms with van der Waals surface area (Å²) in [6.45, 7) is 3.43. The first-order valence-electron chi connectivity index (χ1n) is 5.12. The van der Waals surface area contributed by atoms with Crippen molar-refractivity contribution in [3.63, 3.8) is 0 Å². The molecule has 4 heteroatoms. The molecule has 1 N–H and O–H groups in total. The Balaban J connectivity index is 2.84. The van der Waals surface area contributed by atoms with Crippen molar-refractivity contribution in [1.29, 1.82) is 5.26 Å². The van der Waals surface area contributed by atoms with Crippen LogP contribution < -0.4 is 10.1 Å². The average Bonchev–Trinajstić information content (AvgIpc) is 2.31. The van der Waals surface area contributed by atoms with Crippen molar-refractivity contribution in [2.75, 3.05) is 5.32 Å². The number of rotatable bonds is 4. The quantitative estimate of drug-likeness (QED) is 0.843. The van der Waals surface area contributed by atoms with Gasteiger partial charge in [-0.25, -0.2) is 0 Å². The first kappa shape index (κ1) is 12.1. The highest BCUT2D eigenvalue weighted by Crippen LogP contribution is 2.24. The molecule has 1 aromatic rings. The van der Waals surface area contributed by atoms with E-state index in [1.165, 1.54) is 0 Å². The molecule has 1 aromatic carbocycles. The lowest BCUT2D eigenvalue weighted by Gasteiger charge is -2.12. The van der Waals surface area contributed by atoms with Gasteiger partial charge < -0.3 is 10.1 Å². The topological polar surface area (TPSA) is 62.1 Å². The zero-order valence-electron chi connectivity index (χ0n) is 9.36. The van der Waals surface area contributed by atoms with Crippen LogP contribution >= 0.6 is 0 Å². The van der Waals surface area contributed by atoms with Gasteiger partial charge in [0, 0.05) is 6.42 Å². The number of amides is 1. The summed E-state index contributed by atoms with van der Waals surface area (Å²) in [5.74, 6) is 0.430. The first-order valence-corrected chi connectivity index (χ1v) is 5.12. The van der Waals surface area contributed by atoms with Crippen molar-refractivity contribution in [3.8, 4) is 11.8 Å². The number of nitrogens with zero attached hydrogens (tertiary/aromatic N) is 1. The predicted molar refractivity (Wildman–Crippen MR) is 61.1 cm³/mol. The third kappa shape index (κ3) is 3.28. The zero-order chi connectivity index (χ0) is 12.0. The van der Waals surface area contributed by atoms with Crippen LogP contribution in [0.25, 0.3) is 0 Å². The standard InChI is InChI=1S/C12H14N2O2/c1-3-12(15)14-10-6-4-5-7-11(10)16-9(2)8-13/h4-7,9H,3H2,1-2H3,(H,14,15). The van der Waals surface area contributed by atoms with Crippen molar-refractivity contribution in [3.05, 3.63) is 24.3 Å². The average molecular weight is 218 g/mol. The van der Waals surface area contributed by atoms with E-state index >= 15 is 0 Å². The van der Waals surface area contributed by atoms with Crippen LogP contribution in [-0.2, 0) is 4.79 Å². The van der Waals surface area contributed by atoms with Gasteiger partial charge in [-0.1, -0.05) is 19.1 Å². The number of carbonyl (C=O) groups excluding carboxylic acids is 1. The molecule has 0 spiro atoms. The summed E-state index contributed by atoms with van der Waals surface area (Å²) in [4.78, 5) is 11.3. The second-order valence-electron chi connectivity index (χ2n) is 3.29. The maximum absolute atomic E-state index is 11.3. The number of carbonyl (C=O) groups is 1. The van der Waals surface area contributed by atoms with Gasteiger partial charge in [0.1, 0.15) is 11.8 Å². The van der Waals surface area contributed by atoms with Gasteiger partial charge in [-0.05, 0) is 19.1 Å². The monoisotopic (exact) mass is 218 g/mol. The van der Waals surface area contributed by atoms with Crippen LogP contribution in [0, 0.1) is 11.3 Å². The molecule has 0 fully saturated rings. The Morgan fingerprint density at radius 3 is 2.88 bits per heavy atom. The zero-order valence-corrected chi connectivity index (χ0v) is 9.36. The van der Waals surface area contributed by atoms with E-state index in [0.29, 0.717) is 17.9 Å². The molecule has 1 amide bonds. The third-order valence-electron chi connectivity index (χ3n) is 1.97. The summed E-state index contributed by atoms with van der Waals surface area (Å²) in [7, 11) is 0. The Labute approximate surface area is 94.8 Å². The van der Waals surface area contributed by atoms with E-state index in [0.717, 1.165) is 0 Å². The third-order valence-corrected chi connectivity index (χ3v) is 1.97. The summed E-state index contributed by atoms with van der Waals surface area (Å²) in [6, 6.07) is 9.03. The SMILES string of the molecule is CCC(=O)Nc1ccccc1OC(C)C#N. The van der Waals surface area contributed by atoms with Crippen LogP contribution in [0.3, 0.4) is 0 Å². The smallest absolute Gasteiger partial charge is 0.224 e. The molecule has 0 radical (unpaired) electrons. The highest BCUT2D eigenvalue weighted by molar-refractivity contribution is 5.91. The molecule has 0 saturated carbocycles. The summed E-state index contributed by atoms with van der Waals surface area (Å²) in [5.41, 5.74) is 0.594.